The second-order valence-electron chi connectivity index (χ2n) is 14.7. The lowest BCUT2D eigenvalue weighted by Crippen LogP contribution is -2.19. The van der Waals surface area contributed by atoms with E-state index in [0.29, 0.717) is 23.6 Å². The Morgan fingerprint density at radius 1 is 0.397 bits per heavy atom. The van der Waals surface area contributed by atoms with Crippen molar-refractivity contribution in [2.45, 2.75) is 57.8 Å². The summed E-state index contributed by atoms with van der Waals surface area (Å²) in [7, 11) is 0. The first-order chi connectivity index (χ1) is 27.0. The van der Waals surface area contributed by atoms with Gasteiger partial charge in [0.2, 0.25) is 0 Å². The van der Waals surface area contributed by atoms with Crippen LogP contribution in [0.4, 0.5) is 4.79 Å². The number of carbonyl (C=O) groups is 1. The van der Waals surface area contributed by atoms with Crippen molar-refractivity contribution in [3.8, 4) is 28.7 Å². The Morgan fingerprint density at radius 2 is 0.603 bits per heavy atom. The monoisotopic (exact) mass is 1080 g/mol. The van der Waals surface area contributed by atoms with E-state index in [2.05, 4.69) is 153 Å². The maximum atomic E-state index is 9.85. The fraction of sp³-hybridized carbons (Fsp3) is 0.196. The van der Waals surface area contributed by atoms with Gasteiger partial charge in [-0.25, -0.2) is 0 Å². The summed E-state index contributed by atoms with van der Waals surface area (Å²) in [5.41, 5.74) is 6.31. The first-order valence-electron chi connectivity index (χ1n) is 17.6. The van der Waals surface area contributed by atoms with E-state index in [9.17, 15) is 25.5 Å². The molecule has 6 nitrogen and oxygen atoms in total. The third kappa shape index (κ3) is 13.2. The molecule has 0 spiro atoms. The van der Waals surface area contributed by atoms with Gasteiger partial charge in [0.05, 0.1) is 17.9 Å². The molecule has 6 aromatic rings. The fourth-order valence-electron chi connectivity index (χ4n) is 5.84. The number of carbonyl (C=O) groups excluding carboxylic acids is 1. The number of phenolic OH excluding ortho intramolecular Hbond substituents is 5. The number of halogens is 6. The van der Waals surface area contributed by atoms with Crippen LogP contribution in [0.1, 0.15) is 74.9 Å². The lowest BCUT2D eigenvalue weighted by Gasteiger charge is -2.27. The van der Waals surface area contributed by atoms with Gasteiger partial charge in [0.15, 0.2) is 0 Å². The van der Waals surface area contributed by atoms with Gasteiger partial charge in [-0.1, -0.05) is 108 Å². The third-order valence-electron chi connectivity index (χ3n) is 9.74. The Hall–Kier alpha value is -3.51. The van der Waals surface area contributed by atoms with Gasteiger partial charge in [-0.05, 0) is 181 Å². The van der Waals surface area contributed by atoms with Crippen molar-refractivity contribution in [3.63, 3.8) is 0 Å². The number of hydrogen-bond acceptors (Lipinski definition) is 6. The van der Waals surface area contributed by atoms with E-state index in [0.717, 1.165) is 22.3 Å². The van der Waals surface area contributed by atoms with Crippen LogP contribution in [0.5, 0.6) is 28.7 Å². The maximum absolute atomic E-state index is 9.85. The van der Waals surface area contributed by atoms with Gasteiger partial charge in [0, 0.05) is 16.2 Å². The minimum atomic E-state index is -0.889. The molecular formula is C46H44Br4Cl2O6. The highest BCUT2D eigenvalue weighted by atomic mass is 79.9. The number of rotatable bonds is 6. The molecule has 0 aliphatic carbocycles. The summed E-state index contributed by atoms with van der Waals surface area (Å²) < 4.78 is 1.66. The topological polar surface area (TPSA) is 118 Å². The predicted octanol–water partition coefficient (Wildman–Crippen LogP) is 15.2. The van der Waals surface area contributed by atoms with Crippen LogP contribution in [0.2, 0.25) is 0 Å². The molecule has 0 heterocycles. The Morgan fingerprint density at radius 3 is 0.845 bits per heavy atom. The Kier molecular flexibility index (Phi) is 17.8. The van der Waals surface area contributed by atoms with E-state index in [1.165, 1.54) is 11.1 Å². The highest BCUT2D eigenvalue weighted by Gasteiger charge is 2.27. The molecule has 0 atom stereocenters. The largest absolute Gasteiger partial charge is 0.508 e. The molecule has 0 saturated carbocycles. The molecule has 5 N–H and O–H groups in total. The highest BCUT2D eigenvalue weighted by molar-refractivity contribution is 9.11. The number of benzene rings is 6. The maximum Gasteiger partial charge on any atom is 0.313 e. The molecule has 306 valence electrons. The minimum Gasteiger partial charge on any atom is -0.508 e. The van der Waals surface area contributed by atoms with Crippen LogP contribution in [-0.2, 0) is 16.2 Å². The van der Waals surface area contributed by atoms with E-state index in [-0.39, 0.29) is 39.2 Å². The normalized spacial score (nSPS) is 11.2. The average Bonchev–Trinajstić information content (AvgIpc) is 3.17. The van der Waals surface area contributed by atoms with Gasteiger partial charge in [0.1, 0.15) is 28.7 Å². The van der Waals surface area contributed by atoms with Crippen molar-refractivity contribution in [1.82, 2.24) is 0 Å². The molecule has 12 heteroatoms. The first kappa shape index (κ1) is 48.9. The molecule has 0 amide bonds. The molecule has 0 aliphatic heterocycles. The second-order valence-corrected chi connectivity index (χ2v) is 19.0. The van der Waals surface area contributed by atoms with Gasteiger partial charge in [-0.2, -0.15) is 0 Å². The first-order valence-corrected chi connectivity index (χ1v) is 21.6. The van der Waals surface area contributed by atoms with Gasteiger partial charge >= 0.3 is 4.70 Å². The molecule has 0 aliphatic rings. The summed E-state index contributed by atoms with van der Waals surface area (Å²) in [5, 5.41) is 47.6. The zero-order valence-corrected chi connectivity index (χ0v) is 40.4. The second kappa shape index (κ2) is 21.1. The van der Waals surface area contributed by atoms with Gasteiger partial charge in [-0.3, -0.25) is 4.79 Å². The molecular weight excluding hydrogens is 1040 g/mol. The molecule has 0 unspecified atom stereocenters. The standard InChI is InChI=1S/C15H12Br4O2.C15H16O2.C15H16O.CCl2O/c1-15(2,7-3-9(16)13(20)10(17)4-7)8-5-11(18)14(21)12(19)6-8;1-15(2,11-3-7-13(16)8-4-11)12-5-9-14(17)10-6-12;1-15(2,12-6-4-3-5-7-12)13-8-10-14(16)11-9-13;2-1(3)4/h3-6,20-21H,1-2H3;3-10,16-17H,1-2H3;3-11,16H,1-2H3;. The van der Waals surface area contributed by atoms with Crippen LogP contribution in [0, 0.1) is 0 Å². The van der Waals surface area contributed by atoms with Crippen LogP contribution in [0.3, 0.4) is 0 Å². The summed E-state index contributed by atoms with van der Waals surface area (Å²) in [6.07, 6.45) is 0. The summed E-state index contributed by atoms with van der Waals surface area (Å²) in [5.74, 6) is 1.23. The molecule has 0 saturated heterocycles. The quantitative estimate of drug-likeness (QED) is 0.106. The predicted molar refractivity (Wildman–Crippen MR) is 251 cm³/mol. The van der Waals surface area contributed by atoms with Crippen molar-refractivity contribution in [2.24, 2.45) is 0 Å². The fourth-order valence-corrected chi connectivity index (χ4v) is 8.21. The Labute approximate surface area is 384 Å². The number of hydrogen-bond donors (Lipinski definition) is 5. The molecule has 58 heavy (non-hydrogen) atoms. The van der Waals surface area contributed by atoms with Gasteiger partial charge < -0.3 is 25.5 Å². The highest BCUT2D eigenvalue weighted by Crippen LogP contribution is 2.43. The molecule has 6 rings (SSSR count). The minimum absolute atomic E-state index is 0.0328. The Bertz CT molecular complexity index is 2120. The van der Waals surface area contributed by atoms with E-state index >= 15 is 0 Å². The van der Waals surface area contributed by atoms with Crippen LogP contribution < -0.4 is 0 Å². The van der Waals surface area contributed by atoms with Crippen molar-refractivity contribution < 1.29 is 30.3 Å². The van der Waals surface area contributed by atoms with E-state index in [1.807, 2.05) is 66.7 Å². The summed E-state index contributed by atoms with van der Waals surface area (Å²) in [6, 6.07) is 39.8. The zero-order chi connectivity index (χ0) is 43.6. The lowest BCUT2D eigenvalue weighted by atomic mass is 9.78. The number of aromatic hydroxyl groups is 5. The van der Waals surface area contributed by atoms with Crippen molar-refractivity contribution in [3.05, 3.63) is 179 Å². The third-order valence-corrected chi connectivity index (χ3v) is 12.2. The van der Waals surface area contributed by atoms with E-state index < -0.39 is 4.70 Å². The summed E-state index contributed by atoms with van der Waals surface area (Å²) >= 11 is 22.3. The van der Waals surface area contributed by atoms with E-state index in [4.69, 9.17) is 4.79 Å². The Balaban J connectivity index is 0.000000224. The van der Waals surface area contributed by atoms with Gasteiger partial charge in [-0.15, -0.1) is 0 Å². The van der Waals surface area contributed by atoms with Gasteiger partial charge in [0.25, 0.3) is 0 Å². The lowest BCUT2D eigenvalue weighted by molar-refractivity contribution is 0.275. The zero-order valence-electron chi connectivity index (χ0n) is 32.5. The summed E-state index contributed by atoms with van der Waals surface area (Å²) in [6.45, 7) is 12.8. The van der Waals surface area contributed by atoms with Crippen molar-refractivity contribution in [1.29, 1.82) is 0 Å². The molecule has 0 radical (unpaired) electrons. The molecule has 0 fully saturated rings. The number of phenols is 5. The van der Waals surface area contributed by atoms with Crippen molar-refractivity contribution in [2.75, 3.05) is 0 Å². The van der Waals surface area contributed by atoms with Crippen LogP contribution >= 0.6 is 86.9 Å². The van der Waals surface area contributed by atoms with Crippen LogP contribution in [0.15, 0.2) is 145 Å². The average molecular weight is 1080 g/mol. The van der Waals surface area contributed by atoms with Crippen LogP contribution in [0.25, 0.3) is 0 Å². The van der Waals surface area contributed by atoms with E-state index in [1.54, 1.807) is 36.4 Å². The smallest absolute Gasteiger partial charge is 0.313 e. The SMILES string of the molecule is CC(C)(c1cc(Br)c(O)c(Br)c1)c1cc(Br)c(O)c(Br)c1.CC(C)(c1ccc(O)cc1)c1ccc(O)cc1.CC(C)(c1ccccc1)c1ccc(O)cc1.O=C(Cl)Cl. The van der Waals surface area contributed by atoms with Crippen molar-refractivity contribution >= 4 is 91.6 Å². The molecule has 0 bridgehead atoms. The molecule has 0 aromatic heterocycles. The summed E-state index contributed by atoms with van der Waals surface area (Å²) in [4.78, 5) is 8.98. The van der Waals surface area contributed by atoms with Crippen LogP contribution in [-0.4, -0.2) is 30.2 Å². The molecule has 6 aromatic carbocycles.